The Morgan fingerprint density at radius 2 is 2.20 bits per heavy atom. The lowest BCUT2D eigenvalue weighted by Crippen LogP contribution is -2.21. The summed E-state index contributed by atoms with van der Waals surface area (Å²) in [5.41, 5.74) is 0. The lowest BCUT2D eigenvalue weighted by molar-refractivity contribution is -0.137. The van der Waals surface area contributed by atoms with E-state index in [1.54, 1.807) is 6.92 Å². The molecule has 0 radical (unpaired) electrons. The van der Waals surface area contributed by atoms with E-state index in [4.69, 9.17) is 4.74 Å². The third-order valence-electron chi connectivity index (χ3n) is 2.97. The highest BCUT2D eigenvalue weighted by atomic mass is 16.5. The van der Waals surface area contributed by atoms with Gasteiger partial charge < -0.3 is 9.84 Å². The van der Waals surface area contributed by atoms with E-state index in [0.29, 0.717) is 18.4 Å². The molecule has 0 spiro atoms. The third-order valence-corrected chi connectivity index (χ3v) is 2.97. The molecule has 1 aliphatic rings. The minimum atomic E-state index is -0.278. The van der Waals surface area contributed by atoms with Crippen molar-refractivity contribution in [1.82, 2.24) is 0 Å². The van der Waals surface area contributed by atoms with Crippen LogP contribution in [0.2, 0.25) is 0 Å². The van der Waals surface area contributed by atoms with Crippen LogP contribution in [-0.4, -0.2) is 24.3 Å². The van der Waals surface area contributed by atoms with Gasteiger partial charge >= 0.3 is 5.97 Å². The summed E-state index contributed by atoms with van der Waals surface area (Å²) in [6, 6.07) is 0. The Morgan fingerprint density at radius 1 is 1.47 bits per heavy atom. The van der Waals surface area contributed by atoms with Crippen LogP contribution in [0.4, 0.5) is 0 Å². The SMILES string of the molecule is CCOC(=O)/C=C/[C@@H]1CCCC[C@@H]1CO. The van der Waals surface area contributed by atoms with Crippen molar-refractivity contribution in [2.24, 2.45) is 11.8 Å². The predicted octanol–water partition coefficient (Wildman–Crippen LogP) is 1.90. The Bertz CT molecular complexity index is 223. The van der Waals surface area contributed by atoms with Crippen molar-refractivity contribution in [3.05, 3.63) is 12.2 Å². The van der Waals surface area contributed by atoms with Crippen LogP contribution in [0.5, 0.6) is 0 Å². The van der Waals surface area contributed by atoms with Gasteiger partial charge in [0.2, 0.25) is 0 Å². The molecular weight excluding hydrogens is 192 g/mol. The van der Waals surface area contributed by atoms with Gasteiger partial charge in [-0.2, -0.15) is 0 Å². The van der Waals surface area contributed by atoms with Gasteiger partial charge in [-0.3, -0.25) is 0 Å². The van der Waals surface area contributed by atoms with E-state index in [9.17, 15) is 9.90 Å². The average Bonchev–Trinajstić information content (AvgIpc) is 2.27. The van der Waals surface area contributed by atoms with Crippen LogP contribution in [0, 0.1) is 11.8 Å². The van der Waals surface area contributed by atoms with Gasteiger partial charge in [0, 0.05) is 12.7 Å². The highest BCUT2D eigenvalue weighted by Crippen LogP contribution is 2.30. The zero-order valence-electron chi connectivity index (χ0n) is 9.32. The molecule has 0 bridgehead atoms. The summed E-state index contributed by atoms with van der Waals surface area (Å²) >= 11 is 0. The Kier molecular flexibility index (Phi) is 5.40. The van der Waals surface area contributed by atoms with Crippen molar-refractivity contribution in [3.8, 4) is 0 Å². The number of allylic oxidation sites excluding steroid dienone is 1. The molecule has 0 aliphatic heterocycles. The van der Waals surface area contributed by atoms with Crippen molar-refractivity contribution in [3.63, 3.8) is 0 Å². The number of rotatable bonds is 4. The monoisotopic (exact) mass is 212 g/mol. The number of ether oxygens (including phenoxy) is 1. The lowest BCUT2D eigenvalue weighted by Gasteiger charge is -2.27. The fraction of sp³-hybridized carbons (Fsp3) is 0.750. The van der Waals surface area contributed by atoms with Gasteiger partial charge in [0.1, 0.15) is 0 Å². The van der Waals surface area contributed by atoms with Crippen LogP contribution < -0.4 is 0 Å². The number of hydrogen-bond donors (Lipinski definition) is 1. The molecule has 0 amide bonds. The Hall–Kier alpha value is -0.830. The van der Waals surface area contributed by atoms with E-state index in [-0.39, 0.29) is 12.6 Å². The molecule has 0 heterocycles. The van der Waals surface area contributed by atoms with Crippen LogP contribution in [0.25, 0.3) is 0 Å². The first-order chi connectivity index (χ1) is 7.27. The van der Waals surface area contributed by atoms with Crippen LogP contribution >= 0.6 is 0 Å². The molecule has 0 aromatic carbocycles. The molecule has 0 aromatic rings. The van der Waals surface area contributed by atoms with Crippen molar-refractivity contribution in [2.75, 3.05) is 13.2 Å². The molecule has 1 fully saturated rings. The maximum atomic E-state index is 11.1. The van der Waals surface area contributed by atoms with Crippen molar-refractivity contribution < 1.29 is 14.6 Å². The van der Waals surface area contributed by atoms with E-state index in [2.05, 4.69) is 0 Å². The second kappa shape index (κ2) is 6.62. The van der Waals surface area contributed by atoms with Crippen molar-refractivity contribution in [1.29, 1.82) is 0 Å². The molecule has 2 atom stereocenters. The van der Waals surface area contributed by atoms with Crippen LogP contribution in [-0.2, 0) is 9.53 Å². The minimum absolute atomic E-state index is 0.220. The zero-order chi connectivity index (χ0) is 11.1. The summed E-state index contributed by atoms with van der Waals surface area (Å²) in [5, 5.41) is 9.18. The molecular formula is C12H20O3. The molecule has 1 saturated carbocycles. The number of carbonyl (C=O) groups excluding carboxylic acids is 1. The number of carbonyl (C=O) groups is 1. The molecule has 86 valence electrons. The molecule has 3 heteroatoms. The average molecular weight is 212 g/mol. The Morgan fingerprint density at radius 3 is 2.87 bits per heavy atom. The quantitative estimate of drug-likeness (QED) is 0.572. The first-order valence-electron chi connectivity index (χ1n) is 5.73. The molecule has 1 aliphatic carbocycles. The lowest BCUT2D eigenvalue weighted by atomic mass is 9.79. The van der Waals surface area contributed by atoms with Gasteiger partial charge in [0.15, 0.2) is 0 Å². The van der Waals surface area contributed by atoms with Crippen molar-refractivity contribution >= 4 is 5.97 Å². The molecule has 1 rings (SSSR count). The largest absolute Gasteiger partial charge is 0.463 e. The minimum Gasteiger partial charge on any atom is -0.463 e. The first kappa shape index (κ1) is 12.2. The van der Waals surface area contributed by atoms with Crippen LogP contribution in [0.3, 0.4) is 0 Å². The molecule has 15 heavy (non-hydrogen) atoms. The fourth-order valence-electron chi connectivity index (χ4n) is 2.11. The van der Waals surface area contributed by atoms with E-state index in [0.717, 1.165) is 12.8 Å². The van der Waals surface area contributed by atoms with Crippen LogP contribution in [0.15, 0.2) is 12.2 Å². The van der Waals surface area contributed by atoms with E-state index < -0.39 is 0 Å². The highest BCUT2D eigenvalue weighted by Gasteiger charge is 2.22. The number of aliphatic hydroxyl groups excluding tert-OH is 1. The van der Waals surface area contributed by atoms with E-state index >= 15 is 0 Å². The Balaban J connectivity index is 2.43. The maximum absolute atomic E-state index is 11.1. The normalized spacial score (nSPS) is 26.8. The van der Waals surface area contributed by atoms with Gasteiger partial charge in [0.05, 0.1) is 6.61 Å². The third kappa shape index (κ3) is 4.04. The first-order valence-corrected chi connectivity index (χ1v) is 5.73. The number of hydrogen-bond acceptors (Lipinski definition) is 3. The topological polar surface area (TPSA) is 46.5 Å². The smallest absolute Gasteiger partial charge is 0.330 e. The molecule has 3 nitrogen and oxygen atoms in total. The summed E-state index contributed by atoms with van der Waals surface area (Å²) in [4.78, 5) is 11.1. The highest BCUT2D eigenvalue weighted by molar-refractivity contribution is 5.81. The predicted molar refractivity (Wildman–Crippen MR) is 58.3 cm³/mol. The summed E-state index contributed by atoms with van der Waals surface area (Å²) < 4.78 is 4.81. The Labute approximate surface area is 91.1 Å². The second-order valence-corrected chi connectivity index (χ2v) is 4.00. The molecule has 0 unspecified atom stereocenters. The summed E-state index contributed by atoms with van der Waals surface area (Å²) in [6.07, 6.45) is 7.92. The van der Waals surface area contributed by atoms with Gasteiger partial charge in [-0.1, -0.05) is 18.9 Å². The number of esters is 1. The zero-order valence-corrected chi connectivity index (χ0v) is 9.32. The summed E-state index contributed by atoms with van der Waals surface area (Å²) in [6.45, 7) is 2.43. The molecule has 0 aromatic heterocycles. The van der Waals surface area contributed by atoms with Gasteiger partial charge in [-0.15, -0.1) is 0 Å². The van der Waals surface area contributed by atoms with E-state index in [1.807, 2.05) is 6.08 Å². The molecule has 1 N–H and O–H groups in total. The summed E-state index contributed by atoms with van der Waals surface area (Å²) in [7, 11) is 0. The van der Waals surface area contributed by atoms with E-state index in [1.165, 1.54) is 18.9 Å². The standard InChI is InChI=1S/C12H20O3/c1-2-15-12(14)8-7-10-5-3-4-6-11(10)9-13/h7-8,10-11,13H,2-6,9H2,1H3/b8-7+/t10-,11+/m0/s1. The number of aliphatic hydroxyl groups is 1. The van der Waals surface area contributed by atoms with Gasteiger partial charge in [0.25, 0.3) is 0 Å². The summed E-state index contributed by atoms with van der Waals surface area (Å²) in [5.74, 6) is 0.386. The van der Waals surface area contributed by atoms with Gasteiger partial charge in [-0.25, -0.2) is 4.79 Å². The van der Waals surface area contributed by atoms with Crippen molar-refractivity contribution in [2.45, 2.75) is 32.6 Å². The maximum Gasteiger partial charge on any atom is 0.330 e. The second-order valence-electron chi connectivity index (χ2n) is 4.00. The van der Waals surface area contributed by atoms with Gasteiger partial charge in [-0.05, 0) is 31.6 Å². The van der Waals surface area contributed by atoms with Crippen LogP contribution in [0.1, 0.15) is 32.6 Å². The molecule has 0 saturated heterocycles. The fourth-order valence-corrected chi connectivity index (χ4v) is 2.11.